The van der Waals surface area contributed by atoms with E-state index in [-0.39, 0.29) is 18.0 Å². The van der Waals surface area contributed by atoms with E-state index in [1.165, 1.54) is 0 Å². The van der Waals surface area contributed by atoms with Crippen LogP contribution in [0.3, 0.4) is 0 Å². The van der Waals surface area contributed by atoms with Crippen molar-refractivity contribution in [1.29, 1.82) is 0 Å². The lowest BCUT2D eigenvalue weighted by Crippen LogP contribution is -2.42. The van der Waals surface area contributed by atoms with Gasteiger partial charge in [0.1, 0.15) is 5.82 Å². The van der Waals surface area contributed by atoms with Crippen molar-refractivity contribution in [3.8, 4) is 0 Å². The molecule has 2 aromatic heterocycles. The standard InChI is InChI=1S/C15H21N5O2/c1-8(2)20(7-11-5-6-12(21)19-11)14-13-15(17-9(3)16-14)22-10(4)18-13/h8,11H,5-7H2,1-4H3,(H,19,21). The second-order valence-electron chi connectivity index (χ2n) is 6.03. The van der Waals surface area contributed by atoms with Crippen LogP contribution in [0.5, 0.6) is 0 Å². The topological polar surface area (TPSA) is 84.2 Å². The Morgan fingerprint density at radius 1 is 1.32 bits per heavy atom. The summed E-state index contributed by atoms with van der Waals surface area (Å²) in [5.74, 6) is 2.12. The van der Waals surface area contributed by atoms with Crippen molar-refractivity contribution in [2.45, 2.75) is 52.6 Å². The predicted octanol–water partition coefficient (Wildman–Crippen LogP) is 1.73. The second-order valence-corrected chi connectivity index (χ2v) is 6.03. The Balaban J connectivity index is 1.99. The average Bonchev–Trinajstić information content (AvgIpc) is 2.99. The van der Waals surface area contributed by atoms with Crippen LogP contribution in [-0.4, -0.2) is 39.5 Å². The summed E-state index contributed by atoms with van der Waals surface area (Å²) in [6.45, 7) is 8.56. The lowest BCUT2D eigenvalue weighted by atomic mass is 10.2. The van der Waals surface area contributed by atoms with Crippen molar-refractivity contribution in [1.82, 2.24) is 20.3 Å². The summed E-state index contributed by atoms with van der Waals surface area (Å²) in [6, 6.07) is 0.375. The van der Waals surface area contributed by atoms with Crippen molar-refractivity contribution < 1.29 is 9.21 Å². The van der Waals surface area contributed by atoms with Crippen LogP contribution in [-0.2, 0) is 4.79 Å². The van der Waals surface area contributed by atoms with E-state index in [1.54, 1.807) is 6.92 Å². The normalized spacial score (nSPS) is 18.2. The number of hydrogen-bond donors (Lipinski definition) is 1. The molecule has 1 fully saturated rings. The predicted molar refractivity (Wildman–Crippen MR) is 82.7 cm³/mol. The molecule has 1 unspecified atom stereocenters. The molecule has 0 radical (unpaired) electrons. The molecule has 22 heavy (non-hydrogen) atoms. The quantitative estimate of drug-likeness (QED) is 0.926. The highest BCUT2D eigenvalue weighted by molar-refractivity contribution is 5.82. The first-order valence-corrected chi connectivity index (χ1v) is 7.62. The molecule has 3 heterocycles. The first-order chi connectivity index (χ1) is 10.4. The van der Waals surface area contributed by atoms with Gasteiger partial charge in [-0.05, 0) is 27.2 Å². The van der Waals surface area contributed by atoms with Crippen molar-refractivity contribution in [3.05, 3.63) is 11.7 Å². The zero-order chi connectivity index (χ0) is 15.9. The Labute approximate surface area is 129 Å². The van der Waals surface area contributed by atoms with Crippen LogP contribution in [0.4, 0.5) is 5.82 Å². The van der Waals surface area contributed by atoms with E-state index in [0.29, 0.717) is 35.9 Å². The number of nitrogens with one attached hydrogen (secondary N) is 1. The third-order valence-corrected chi connectivity index (χ3v) is 3.86. The van der Waals surface area contributed by atoms with E-state index in [4.69, 9.17) is 4.42 Å². The fourth-order valence-electron chi connectivity index (χ4n) is 2.81. The van der Waals surface area contributed by atoms with Gasteiger partial charge >= 0.3 is 0 Å². The molecule has 1 aliphatic heterocycles. The summed E-state index contributed by atoms with van der Waals surface area (Å²) in [4.78, 5) is 26.9. The zero-order valence-electron chi connectivity index (χ0n) is 13.4. The molecule has 1 saturated heterocycles. The van der Waals surface area contributed by atoms with E-state index < -0.39 is 0 Å². The lowest BCUT2D eigenvalue weighted by Gasteiger charge is -2.30. The number of oxazole rings is 1. The molecule has 1 amide bonds. The SMILES string of the molecule is Cc1nc(N(CC2CCC(=O)N2)C(C)C)c2nc(C)oc2n1. The highest BCUT2D eigenvalue weighted by Crippen LogP contribution is 2.26. The summed E-state index contributed by atoms with van der Waals surface area (Å²) in [7, 11) is 0. The van der Waals surface area contributed by atoms with Gasteiger partial charge in [0.25, 0.3) is 5.71 Å². The van der Waals surface area contributed by atoms with Gasteiger partial charge in [-0.15, -0.1) is 0 Å². The van der Waals surface area contributed by atoms with Gasteiger partial charge in [0.2, 0.25) is 5.91 Å². The molecule has 118 valence electrons. The summed E-state index contributed by atoms with van der Waals surface area (Å²) in [5, 5.41) is 3.01. The number of carbonyl (C=O) groups excluding carboxylic acids is 1. The summed E-state index contributed by atoms with van der Waals surface area (Å²) < 4.78 is 5.55. The Kier molecular flexibility index (Phi) is 3.72. The average molecular weight is 303 g/mol. The van der Waals surface area contributed by atoms with Crippen molar-refractivity contribution >= 4 is 23.0 Å². The molecule has 3 rings (SSSR count). The smallest absolute Gasteiger partial charge is 0.252 e. The molecule has 2 aromatic rings. The molecule has 0 spiro atoms. The van der Waals surface area contributed by atoms with Crippen LogP contribution in [0, 0.1) is 13.8 Å². The van der Waals surface area contributed by atoms with E-state index in [0.717, 1.165) is 12.2 Å². The van der Waals surface area contributed by atoms with Crippen LogP contribution in [0.25, 0.3) is 11.2 Å². The maximum atomic E-state index is 11.4. The highest BCUT2D eigenvalue weighted by atomic mass is 16.4. The number of carbonyl (C=O) groups is 1. The number of fused-ring (bicyclic) bond motifs is 1. The second kappa shape index (κ2) is 5.55. The maximum absolute atomic E-state index is 11.4. The molecule has 1 atom stereocenters. The fraction of sp³-hybridized carbons (Fsp3) is 0.600. The van der Waals surface area contributed by atoms with E-state index in [1.807, 2.05) is 6.92 Å². The molecule has 1 N–H and O–H groups in total. The monoisotopic (exact) mass is 303 g/mol. The van der Waals surface area contributed by atoms with Crippen LogP contribution < -0.4 is 10.2 Å². The molecule has 1 aliphatic rings. The molecule has 7 heteroatoms. The van der Waals surface area contributed by atoms with Crippen LogP contribution in [0.1, 0.15) is 38.4 Å². The van der Waals surface area contributed by atoms with Crippen molar-refractivity contribution in [2.75, 3.05) is 11.4 Å². The summed E-state index contributed by atoms with van der Waals surface area (Å²) >= 11 is 0. The third-order valence-electron chi connectivity index (χ3n) is 3.86. The van der Waals surface area contributed by atoms with Gasteiger partial charge in [0, 0.05) is 32.0 Å². The summed E-state index contributed by atoms with van der Waals surface area (Å²) in [6.07, 6.45) is 1.45. The van der Waals surface area contributed by atoms with Crippen molar-refractivity contribution in [2.24, 2.45) is 0 Å². The number of aromatic nitrogens is 3. The summed E-state index contributed by atoms with van der Waals surface area (Å²) in [5.41, 5.74) is 1.20. The van der Waals surface area contributed by atoms with Crippen LogP contribution >= 0.6 is 0 Å². The van der Waals surface area contributed by atoms with Gasteiger partial charge in [-0.1, -0.05) is 0 Å². The number of rotatable bonds is 4. The fourth-order valence-corrected chi connectivity index (χ4v) is 2.81. The number of nitrogens with zero attached hydrogens (tertiary/aromatic N) is 4. The Morgan fingerprint density at radius 3 is 2.73 bits per heavy atom. The molecular formula is C15H21N5O2. The van der Waals surface area contributed by atoms with Gasteiger partial charge in [-0.3, -0.25) is 4.79 Å². The maximum Gasteiger partial charge on any atom is 0.252 e. The minimum Gasteiger partial charge on any atom is -0.422 e. The van der Waals surface area contributed by atoms with Gasteiger partial charge in [0.05, 0.1) is 0 Å². The van der Waals surface area contributed by atoms with Gasteiger partial charge in [0.15, 0.2) is 17.2 Å². The Morgan fingerprint density at radius 2 is 2.09 bits per heavy atom. The first kappa shape index (κ1) is 14.7. The molecule has 0 bridgehead atoms. The van der Waals surface area contributed by atoms with E-state index in [2.05, 4.69) is 39.0 Å². The van der Waals surface area contributed by atoms with E-state index >= 15 is 0 Å². The number of hydrogen-bond acceptors (Lipinski definition) is 6. The van der Waals surface area contributed by atoms with Crippen molar-refractivity contribution in [3.63, 3.8) is 0 Å². The Hall–Kier alpha value is -2.18. The number of amides is 1. The molecule has 0 saturated carbocycles. The van der Waals surface area contributed by atoms with Crippen LogP contribution in [0.15, 0.2) is 4.42 Å². The lowest BCUT2D eigenvalue weighted by molar-refractivity contribution is -0.119. The third kappa shape index (κ3) is 2.75. The number of anilines is 1. The molecule has 7 nitrogen and oxygen atoms in total. The van der Waals surface area contributed by atoms with Gasteiger partial charge < -0.3 is 14.6 Å². The van der Waals surface area contributed by atoms with Gasteiger partial charge in [-0.25, -0.2) is 9.97 Å². The number of aryl methyl sites for hydroxylation is 2. The van der Waals surface area contributed by atoms with Crippen LogP contribution in [0.2, 0.25) is 0 Å². The molecule has 0 aromatic carbocycles. The zero-order valence-corrected chi connectivity index (χ0v) is 13.4. The minimum atomic E-state index is 0.120. The van der Waals surface area contributed by atoms with E-state index in [9.17, 15) is 4.79 Å². The largest absolute Gasteiger partial charge is 0.422 e. The van der Waals surface area contributed by atoms with Gasteiger partial charge in [-0.2, -0.15) is 4.98 Å². The molecule has 0 aliphatic carbocycles. The highest BCUT2D eigenvalue weighted by Gasteiger charge is 2.27. The minimum absolute atomic E-state index is 0.120. The molecular weight excluding hydrogens is 282 g/mol. The first-order valence-electron chi connectivity index (χ1n) is 7.62. The Bertz CT molecular complexity index is 709.